The molecule has 9 heteroatoms. The average Bonchev–Trinajstić information content (AvgIpc) is 3.15. The number of nitrogens with zero attached hydrogens (tertiary/aromatic N) is 2. The van der Waals surface area contributed by atoms with E-state index in [1.165, 1.54) is 28.7 Å². The van der Waals surface area contributed by atoms with Crippen LogP contribution in [0.25, 0.3) is 0 Å². The molecule has 0 bridgehead atoms. The smallest absolute Gasteiger partial charge is 0.234 e. The van der Waals surface area contributed by atoms with Gasteiger partial charge in [0.2, 0.25) is 5.91 Å². The third kappa shape index (κ3) is 6.42. The Balaban J connectivity index is 1.44. The fourth-order valence-electron chi connectivity index (χ4n) is 2.04. The van der Waals surface area contributed by atoms with Gasteiger partial charge in [0.15, 0.2) is 8.68 Å². The van der Waals surface area contributed by atoms with Crippen LogP contribution in [0.1, 0.15) is 5.56 Å². The maximum absolute atomic E-state index is 12.0. The number of ether oxygens (including phenoxy) is 1. The van der Waals surface area contributed by atoms with Crippen LogP contribution in [0.4, 0.5) is 5.69 Å². The predicted octanol–water partition coefficient (Wildman–Crippen LogP) is 5.22. The van der Waals surface area contributed by atoms with Crippen molar-refractivity contribution >= 4 is 58.1 Å². The van der Waals surface area contributed by atoms with Crippen molar-refractivity contribution in [1.82, 2.24) is 10.2 Å². The summed E-state index contributed by atoms with van der Waals surface area (Å²) in [7, 11) is 1.65. The van der Waals surface area contributed by atoms with Gasteiger partial charge in [-0.05, 0) is 42.0 Å². The summed E-state index contributed by atoms with van der Waals surface area (Å²) in [6.07, 6.45) is 0. The minimum absolute atomic E-state index is 0.0926. The topological polar surface area (TPSA) is 64.1 Å². The third-order valence-corrected chi connectivity index (χ3v) is 6.88. The lowest BCUT2D eigenvalue weighted by Crippen LogP contribution is -2.13. The van der Waals surface area contributed by atoms with Crippen molar-refractivity contribution in [2.75, 3.05) is 18.2 Å². The zero-order valence-corrected chi connectivity index (χ0v) is 17.6. The Kier molecular flexibility index (Phi) is 7.40. The number of benzene rings is 2. The average molecular weight is 438 g/mol. The van der Waals surface area contributed by atoms with Crippen LogP contribution in [0.15, 0.2) is 57.2 Å². The normalized spacial score (nSPS) is 10.6. The van der Waals surface area contributed by atoms with Gasteiger partial charge < -0.3 is 10.1 Å². The molecular weight excluding hydrogens is 422 g/mol. The largest absolute Gasteiger partial charge is 0.497 e. The molecule has 0 unspecified atom stereocenters. The van der Waals surface area contributed by atoms with Gasteiger partial charge in [-0.15, -0.1) is 10.2 Å². The number of hydrogen-bond donors (Lipinski definition) is 1. The van der Waals surface area contributed by atoms with Crippen LogP contribution in [0.3, 0.4) is 0 Å². The van der Waals surface area contributed by atoms with Gasteiger partial charge in [-0.3, -0.25) is 4.79 Å². The fraction of sp³-hybridized carbons (Fsp3) is 0.167. The molecule has 0 aliphatic rings. The summed E-state index contributed by atoms with van der Waals surface area (Å²) in [5.41, 5.74) is 1.91. The van der Waals surface area contributed by atoms with Gasteiger partial charge in [-0.1, -0.05) is 58.6 Å². The highest BCUT2D eigenvalue weighted by Gasteiger charge is 2.09. The lowest BCUT2D eigenvalue weighted by Gasteiger charge is -2.03. The second kappa shape index (κ2) is 9.98. The van der Waals surface area contributed by atoms with Crippen LogP contribution in [-0.2, 0) is 10.5 Å². The Morgan fingerprint density at radius 2 is 1.74 bits per heavy atom. The van der Waals surface area contributed by atoms with Gasteiger partial charge in [0.25, 0.3) is 0 Å². The fourth-order valence-corrected chi connectivity index (χ4v) is 4.94. The molecule has 1 heterocycles. The first kappa shape index (κ1) is 20.0. The van der Waals surface area contributed by atoms with Crippen molar-refractivity contribution in [3.8, 4) is 5.75 Å². The number of thioether (sulfide) groups is 2. The van der Waals surface area contributed by atoms with Gasteiger partial charge in [0.05, 0.1) is 12.9 Å². The van der Waals surface area contributed by atoms with E-state index in [9.17, 15) is 4.79 Å². The van der Waals surface area contributed by atoms with Crippen molar-refractivity contribution in [2.45, 2.75) is 14.4 Å². The zero-order chi connectivity index (χ0) is 19.1. The highest BCUT2D eigenvalue weighted by atomic mass is 35.5. The second-order valence-electron chi connectivity index (χ2n) is 5.31. The van der Waals surface area contributed by atoms with E-state index in [0.717, 1.165) is 25.9 Å². The van der Waals surface area contributed by atoms with Crippen molar-refractivity contribution in [3.63, 3.8) is 0 Å². The minimum Gasteiger partial charge on any atom is -0.497 e. The maximum atomic E-state index is 12.0. The Labute approximate surface area is 174 Å². The van der Waals surface area contributed by atoms with Crippen LogP contribution in [0, 0.1) is 0 Å². The molecule has 27 heavy (non-hydrogen) atoms. The Bertz CT molecular complexity index is 886. The summed E-state index contributed by atoms with van der Waals surface area (Å²) >= 11 is 10.3. The maximum Gasteiger partial charge on any atom is 0.234 e. The molecule has 3 rings (SSSR count). The highest BCUT2D eigenvalue weighted by Crippen LogP contribution is 2.31. The number of halogens is 1. The second-order valence-corrected chi connectivity index (χ2v) is 9.17. The molecule has 0 fully saturated rings. The molecule has 1 N–H and O–H groups in total. The van der Waals surface area contributed by atoms with Crippen molar-refractivity contribution in [1.29, 1.82) is 0 Å². The number of amides is 1. The van der Waals surface area contributed by atoms with E-state index < -0.39 is 0 Å². The van der Waals surface area contributed by atoms with E-state index in [1.807, 2.05) is 24.3 Å². The van der Waals surface area contributed by atoms with Crippen LogP contribution in [0.5, 0.6) is 5.75 Å². The predicted molar refractivity (Wildman–Crippen MR) is 113 cm³/mol. The summed E-state index contributed by atoms with van der Waals surface area (Å²) in [4.78, 5) is 12.0. The summed E-state index contributed by atoms with van der Waals surface area (Å²) in [6, 6.07) is 15.0. The number of anilines is 1. The van der Waals surface area contributed by atoms with E-state index in [2.05, 4.69) is 15.5 Å². The van der Waals surface area contributed by atoms with Crippen molar-refractivity contribution < 1.29 is 9.53 Å². The van der Waals surface area contributed by atoms with Crippen molar-refractivity contribution in [2.24, 2.45) is 0 Å². The van der Waals surface area contributed by atoms with Crippen LogP contribution >= 0.6 is 46.5 Å². The molecule has 2 aromatic carbocycles. The van der Waals surface area contributed by atoms with Gasteiger partial charge in [-0.25, -0.2) is 0 Å². The summed E-state index contributed by atoms with van der Waals surface area (Å²) in [5, 5.41) is 11.8. The number of carbonyl (C=O) groups is 1. The number of carbonyl (C=O) groups excluding carboxylic acids is 1. The van der Waals surface area contributed by atoms with Crippen LogP contribution < -0.4 is 10.1 Å². The molecule has 1 amide bonds. The molecule has 0 aliphatic carbocycles. The molecule has 140 valence electrons. The first-order chi connectivity index (χ1) is 13.1. The number of aromatic nitrogens is 2. The van der Waals surface area contributed by atoms with E-state index in [1.54, 1.807) is 43.1 Å². The zero-order valence-electron chi connectivity index (χ0n) is 14.3. The number of methoxy groups -OCH3 is 1. The molecule has 0 atom stereocenters. The molecule has 0 saturated carbocycles. The number of hydrogen-bond acceptors (Lipinski definition) is 7. The van der Waals surface area contributed by atoms with Gasteiger partial charge in [0.1, 0.15) is 5.75 Å². The van der Waals surface area contributed by atoms with E-state index in [0.29, 0.717) is 5.02 Å². The number of nitrogens with one attached hydrogen (secondary N) is 1. The van der Waals surface area contributed by atoms with E-state index >= 15 is 0 Å². The van der Waals surface area contributed by atoms with Crippen molar-refractivity contribution in [3.05, 3.63) is 59.1 Å². The van der Waals surface area contributed by atoms with Gasteiger partial charge in [-0.2, -0.15) is 0 Å². The lowest BCUT2D eigenvalue weighted by atomic mass is 10.2. The Hall–Kier alpha value is -1.74. The quantitative estimate of drug-likeness (QED) is 0.487. The van der Waals surface area contributed by atoms with Crippen LogP contribution in [0.2, 0.25) is 5.02 Å². The summed E-state index contributed by atoms with van der Waals surface area (Å²) in [6.45, 7) is 0. The van der Waals surface area contributed by atoms with Gasteiger partial charge in [0, 0.05) is 16.5 Å². The van der Waals surface area contributed by atoms with E-state index in [-0.39, 0.29) is 11.7 Å². The molecule has 5 nitrogen and oxygen atoms in total. The molecule has 3 aromatic rings. The van der Waals surface area contributed by atoms with Crippen LogP contribution in [-0.4, -0.2) is 29.0 Å². The highest BCUT2D eigenvalue weighted by molar-refractivity contribution is 8.03. The molecule has 0 spiro atoms. The Morgan fingerprint density at radius 3 is 2.41 bits per heavy atom. The summed E-state index contributed by atoms with van der Waals surface area (Å²) in [5.74, 6) is 1.83. The number of rotatable bonds is 8. The standard InChI is InChI=1S/C18H16ClN3O2S3/c1-24-15-8-2-12(3-9-15)10-25-17-21-22-18(27-17)26-11-16(23)20-14-6-4-13(19)5-7-14/h2-9H,10-11H2,1H3,(H,20,23). The first-order valence-corrected chi connectivity index (χ1v) is 11.1. The first-order valence-electron chi connectivity index (χ1n) is 7.90. The lowest BCUT2D eigenvalue weighted by molar-refractivity contribution is -0.113. The molecule has 0 radical (unpaired) electrons. The Morgan fingerprint density at radius 1 is 1.07 bits per heavy atom. The molecule has 0 saturated heterocycles. The van der Waals surface area contributed by atoms with E-state index in [4.69, 9.17) is 16.3 Å². The third-order valence-electron chi connectivity index (χ3n) is 3.36. The molecular formula is C18H16ClN3O2S3. The molecule has 0 aliphatic heterocycles. The summed E-state index contributed by atoms with van der Waals surface area (Å²) < 4.78 is 6.81. The van der Waals surface area contributed by atoms with Gasteiger partial charge >= 0.3 is 0 Å². The molecule has 1 aromatic heterocycles. The monoisotopic (exact) mass is 437 g/mol. The minimum atomic E-state index is -0.0926. The SMILES string of the molecule is COc1ccc(CSc2nnc(SCC(=O)Nc3ccc(Cl)cc3)s2)cc1.